The van der Waals surface area contributed by atoms with Gasteiger partial charge in [0.15, 0.2) is 0 Å². The fraction of sp³-hybridized carbons (Fsp3) is 0.615. The first-order chi connectivity index (χ1) is 8.90. The monoisotopic (exact) mass is 282 g/mol. The van der Waals surface area contributed by atoms with Gasteiger partial charge in [-0.1, -0.05) is 19.1 Å². The number of hydrogen-bond donors (Lipinski definition) is 1. The highest BCUT2D eigenvalue weighted by molar-refractivity contribution is 7.80. The van der Waals surface area contributed by atoms with E-state index in [2.05, 4.69) is 5.10 Å². The zero-order valence-corrected chi connectivity index (χ0v) is 12.8. The van der Waals surface area contributed by atoms with Crippen LogP contribution in [0.4, 0.5) is 0 Å². The summed E-state index contributed by atoms with van der Waals surface area (Å²) in [6, 6.07) is 1.82. The van der Waals surface area contributed by atoms with Crippen LogP contribution in [-0.2, 0) is 6.54 Å². The number of thiocarbonyl (C=S) groups is 1. The lowest BCUT2D eigenvalue weighted by molar-refractivity contribution is 0.0742. The molecule has 0 aliphatic carbocycles. The predicted octanol–water partition coefficient (Wildman–Crippen LogP) is 1.60. The molecule has 0 aliphatic rings. The molecule has 0 saturated heterocycles. The van der Waals surface area contributed by atoms with Gasteiger partial charge in [0.2, 0.25) is 0 Å². The number of rotatable bonds is 6. The maximum absolute atomic E-state index is 12.5. The fourth-order valence-corrected chi connectivity index (χ4v) is 1.97. The van der Waals surface area contributed by atoms with Gasteiger partial charge in [0.1, 0.15) is 5.69 Å². The molecule has 0 spiro atoms. The Balaban J connectivity index is 2.92. The first kappa shape index (κ1) is 15.6. The molecule has 1 aromatic heterocycles. The van der Waals surface area contributed by atoms with Gasteiger partial charge in [-0.25, -0.2) is 0 Å². The van der Waals surface area contributed by atoms with Crippen LogP contribution in [0, 0.1) is 12.8 Å². The summed E-state index contributed by atoms with van der Waals surface area (Å²) < 4.78 is 1.73. The van der Waals surface area contributed by atoms with E-state index in [0.29, 0.717) is 30.3 Å². The van der Waals surface area contributed by atoms with E-state index >= 15 is 0 Å². The van der Waals surface area contributed by atoms with Crippen molar-refractivity contribution in [2.75, 3.05) is 13.1 Å². The Morgan fingerprint density at radius 3 is 2.68 bits per heavy atom. The van der Waals surface area contributed by atoms with Crippen molar-refractivity contribution in [1.29, 1.82) is 0 Å². The molecule has 2 N–H and O–H groups in total. The Hall–Kier alpha value is -1.43. The van der Waals surface area contributed by atoms with Gasteiger partial charge in [-0.3, -0.25) is 9.48 Å². The lowest BCUT2D eigenvalue weighted by atomic mass is 10.1. The second-order valence-corrected chi connectivity index (χ2v) is 5.11. The Labute approximate surface area is 119 Å². The summed E-state index contributed by atoms with van der Waals surface area (Å²) in [4.78, 5) is 14.7. The second kappa shape index (κ2) is 6.65. The van der Waals surface area contributed by atoms with Crippen molar-refractivity contribution in [2.45, 2.75) is 34.2 Å². The highest BCUT2D eigenvalue weighted by Crippen LogP contribution is 2.10. The number of aromatic nitrogens is 2. The van der Waals surface area contributed by atoms with Gasteiger partial charge >= 0.3 is 0 Å². The topological polar surface area (TPSA) is 64.2 Å². The number of carbonyl (C=O) groups is 1. The molecule has 1 unspecified atom stereocenters. The van der Waals surface area contributed by atoms with E-state index < -0.39 is 0 Å². The number of aryl methyl sites for hydroxylation is 2. The number of nitrogens with two attached hydrogens (primary N) is 1. The number of hydrogen-bond acceptors (Lipinski definition) is 3. The van der Waals surface area contributed by atoms with E-state index in [-0.39, 0.29) is 11.8 Å². The molecule has 0 aliphatic heterocycles. The van der Waals surface area contributed by atoms with Crippen molar-refractivity contribution >= 4 is 23.1 Å². The molecule has 6 heteroatoms. The van der Waals surface area contributed by atoms with E-state index in [4.69, 9.17) is 18.0 Å². The lowest BCUT2D eigenvalue weighted by Gasteiger charge is -2.24. The highest BCUT2D eigenvalue weighted by Gasteiger charge is 2.21. The van der Waals surface area contributed by atoms with Crippen molar-refractivity contribution in [3.8, 4) is 0 Å². The van der Waals surface area contributed by atoms with Gasteiger partial charge in [-0.15, -0.1) is 0 Å². The quantitative estimate of drug-likeness (QED) is 0.805. The third-order valence-corrected chi connectivity index (χ3v) is 3.47. The summed E-state index contributed by atoms with van der Waals surface area (Å²) in [6.45, 7) is 9.58. The van der Waals surface area contributed by atoms with Crippen LogP contribution in [0.15, 0.2) is 6.07 Å². The molecule has 106 valence electrons. The van der Waals surface area contributed by atoms with Gasteiger partial charge in [0, 0.05) is 25.6 Å². The van der Waals surface area contributed by atoms with E-state index in [1.54, 1.807) is 9.58 Å². The minimum absolute atomic E-state index is 0.0120. The Bertz CT molecular complexity index is 469. The van der Waals surface area contributed by atoms with E-state index in [0.717, 1.165) is 5.69 Å². The van der Waals surface area contributed by atoms with E-state index in [1.165, 1.54) is 0 Å². The van der Waals surface area contributed by atoms with Gasteiger partial charge in [0.25, 0.3) is 5.91 Å². The summed E-state index contributed by atoms with van der Waals surface area (Å²) in [6.07, 6.45) is 0. The SMILES string of the molecule is CCN(CC(C)C(N)=S)C(=O)c1cc(C)nn1CC. The van der Waals surface area contributed by atoms with E-state index in [1.807, 2.05) is 33.8 Å². The number of nitrogens with zero attached hydrogens (tertiary/aromatic N) is 3. The molecular weight excluding hydrogens is 260 g/mol. The minimum atomic E-state index is -0.0203. The molecule has 0 bridgehead atoms. The average Bonchev–Trinajstić information content (AvgIpc) is 2.75. The zero-order chi connectivity index (χ0) is 14.6. The highest BCUT2D eigenvalue weighted by atomic mass is 32.1. The smallest absolute Gasteiger partial charge is 0.272 e. The maximum atomic E-state index is 12.5. The average molecular weight is 282 g/mol. The summed E-state index contributed by atoms with van der Waals surface area (Å²) in [5.41, 5.74) is 7.09. The first-order valence-electron chi connectivity index (χ1n) is 6.53. The van der Waals surface area contributed by atoms with Crippen LogP contribution < -0.4 is 5.73 Å². The van der Waals surface area contributed by atoms with Crippen LogP contribution in [0.2, 0.25) is 0 Å². The van der Waals surface area contributed by atoms with Crippen molar-refractivity contribution in [3.05, 3.63) is 17.5 Å². The Morgan fingerprint density at radius 2 is 2.21 bits per heavy atom. The maximum Gasteiger partial charge on any atom is 0.272 e. The summed E-state index contributed by atoms with van der Waals surface area (Å²) in [5, 5.41) is 4.30. The molecule has 0 radical (unpaired) electrons. The van der Waals surface area contributed by atoms with Crippen LogP contribution in [-0.4, -0.2) is 38.7 Å². The van der Waals surface area contributed by atoms with Crippen molar-refractivity contribution in [1.82, 2.24) is 14.7 Å². The number of amides is 1. The molecule has 1 atom stereocenters. The van der Waals surface area contributed by atoms with Crippen molar-refractivity contribution in [3.63, 3.8) is 0 Å². The molecule has 1 heterocycles. The van der Waals surface area contributed by atoms with Gasteiger partial charge < -0.3 is 10.6 Å². The zero-order valence-electron chi connectivity index (χ0n) is 12.0. The molecule has 5 nitrogen and oxygen atoms in total. The lowest BCUT2D eigenvalue weighted by Crippen LogP contribution is -2.39. The molecule has 1 aromatic rings. The molecule has 0 saturated carbocycles. The second-order valence-electron chi connectivity index (χ2n) is 4.63. The minimum Gasteiger partial charge on any atom is -0.393 e. The fourth-order valence-electron chi connectivity index (χ4n) is 1.90. The van der Waals surface area contributed by atoms with Crippen LogP contribution in [0.25, 0.3) is 0 Å². The first-order valence-corrected chi connectivity index (χ1v) is 6.94. The molecule has 1 rings (SSSR count). The normalized spacial score (nSPS) is 12.2. The molecular formula is C13H22N4OS. The van der Waals surface area contributed by atoms with Crippen molar-refractivity contribution < 1.29 is 4.79 Å². The molecule has 0 aromatic carbocycles. The summed E-state index contributed by atoms with van der Waals surface area (Å²) in [5.74, 6) is -0.00829. The predicted molar refractivity (Wildman–Crippen MR) is 80.2 cm³/mol. The van der Waals surface area contributed by atoms with Crippen LogP contribution >= 0.6 is 12.2 Å². The Kier molecular flexibility index (Phi) is 5.47. The Morgan fingerprint density at radius 1 is 1.58 bits per heavy atom. The largest absolute Gasteiger partial charge is 0.393 e. The number of carbonyl (C=O) groups excluding carboxylic acids is 1. The van der Waals surface area contributed by atoms with Gasteiger partial charge in [-0.2, -0.15) is 5.10 Å². The van der Waals surface area contributed by atoms with Crippen LogP contribution in [0.3, 0.4) is 0 Å². The van der Waals surface area contributed by atoms with Gasteiger partial charge in [-0.05, 0) is 26.8 Å². The van der Waals surface area contributed by atoms with Crippen LogP contribution in [0.1, 0.15) is 37.0 Å². The summed E-state index contributed by atoms with van der Waals surface area (Å²) >= 11 is 4.96. The molecule has 19 heavy (non-hydrogen) atoms. The van der Waals surface area contributed by atoms with Crippen molar-refractivity contribution in [2.24, 2.45) is 11.7 Å². The third-order valence-electron chi connectivity index (χ3n) is 3.07. The molecule has 1 amide bonds. The molecule has 0 fully saturated rings. The van der Waals surface area contributed by atoms with E-state index in [9.17, 15) is 4.79 Å². The van der Waals surface area contributed by atoms with Crippen LogP contribution in [0.5, 0.6) is 0 Å². The third kappa shape index (κ3) is 3.76. The standard InChI is InChI=1S/C13H22N4OS/c1-5-16(8-9(3)12(14)19)13(18)11-7-10(4)15-17(11)6-2/h7,9H,5-6,8H2,1-4H3,(H2,14,19). The van der Waals surface area contributed by atoms with Gasteiger partial charge in [0.05, 0.1) is 10.7 Å². The summed E-state index contributed by atoms with van der Waals surface area (Å²) in [7, 11) is 0.